The lowest BCUT2D eigenvalue weighted by Gasteiger charge is -2.22. The fraction of sp³-hybridized carbons (Fsp3) is 0.542. The molecule has 0 saturated carbocycles. The van der Waals surface area contributed by atoms with Gasteiger partial charge in [0, 0.05) is 19.6 Å². The van der Waals surface area contributed by atoms with Gasteiger partial charge in [0.05, 0.1) is 57.4 Å². The molecule has 0 aliphatic carbocycles. The molecule has 1 aromatic carbocycles. The molecule has 0 radical (unpaired) electrons. The maximum Gasteiger partial charge on any atom is 0.222 e. The van der Waals surface area contributed by atoms with Gasteiger partial charge in [-0.2, -0.15) is 10.1 Å². The van der Waals surface area contributed by atoms with E-state index in [-0.39, 0.29) is 25.1 Å². The highest BCUT2D eigenvalue weighted by atomic mass is 19.1. The van der Waals surface area contributed by atoms with E-state index in [0.717, 1.165) is 12.8 Å². The van der Waals surface area contributed by atoms with Gasteiger partial charge < -0.3 is 35.6 Å². The van der Waals surface area contributed by atoms with Crippen LogP contribution in [-0.4, -0.2) is 82.1 Å². The van der Waals surface area contributed by atoms with E-state index >= 15 is 4.39 Å². The van der Waals surface area contributed by atoms with Gasteiger partial charge in [-0.15, -0.1) is 0 Å². The van der Waals surface area contributed by atoms with E-state index in [0.29, 0.717) is 66.6 Å². The standard InChI is InChI=1S/C24H34FN7O4/c1-3-4-5-31(6-7-33)23-22-18(28-24(26)29-23)12-32(30-22)11-16-17(25)8-15(9-21(16)35-2)10-27-19-13-36-14-20(19)34/h8-9,12,19-20,27,33-34H,3-7,10-11,13-14H2,1-2H3,(H2,26,28)/t19-,20+/m1/s1. The number of aromatic nitrogens is 4. The Morgan fingerprint density at radius 3 is 2.83 bits per heavy atom. The first kappa shape index (κ1) is 26.0. The highest BCUT2D eigenvalue weighted by Gasteiger charge is 2.26. The third-order valence-corrected chi connectivity index (χ3v) is 6.23. The molecule has 5 N–H and O–H groups in total. The summed E-state index contributed by atoms with van der Waals surface area (Å²) in [4.78, 5) is 10.6. The van der Waals surface area contributed by atoms with Crippen molar-refractivity contribution in [3.8, 4) is 5.75 Å². The van der Waals surface area contributed by atoms with E-state index in [4.69, 9.17) is 15.2 Å². The Kier molecular flexibility index (Phi) is 8.52. The third-order valence-electron chi connectivity index (χ3n) is 6.23. The number of hydrogen-bond acceptors (Lipinski definition) is 10. The Balaban J connectivity index is 1.59. The summed E-state index contributed by atoms with van der Waals surface area (Å²) in [7, 11) is 1.49. The smallest absolute Gasteiger partial charge is 0.222 e. The molecule has 4 rings (SSSR count). The van der Waals surface area contributed by atoms with Gasteiger partial charge in [-0.3, -0.25) is 4.68 Å². The van der Waals surface area contributed by atoms with Crippen molar-refractivity contribution in [3.05, 3.63) is 35.3 Å². The third kappa shape index (κ3) is 5.84. The largest absolute Gasteiger partial charge is 0.496 e. The lowest BCUT2D eigenvalue weighted by molar-refractivity contribution is 0.122. The van der Waals surface area contributed by atoms with Crippen LogP contribution in [0.2, 0.25) is 0 Å². The van der Waals surface area contributed by atoms with Gasteiger partial charge in [0.2, 0.25) is 5.95 Å². The van der Waals surface area contributed by atoms with Gasteiger partial charge in [-0.1, -0.05) is 13.3 Å². The molecule has 36 heavy (non-hydrogen) atoms. The number of fused-ring (bicyclic) bond motifs is 1. The van der Waals surface area contributed by atoms with Gasteiger partial charge in [-0.25, -0.2) is 9.37 Å². The number of halogens is 1. The van der Waals surface area contributed by atoms with Crippen molar-refractivity contribution >= 4 is 22.8 Å². The second kappa shape index (κ2) is 11.8. The van der Waals surface area contributed by atoms with Crippen LogP contribution >= 0.6 is 0 Å². The number of methoxy groups -OCH3 is 1. The quantitative estimate of drug-likeness (QED) is 0.283. The molecule has 2 atom stereocenters. The maximum absolute atomic E-state index is 15.2. The van der Waals surface area contributed by atoms with Crippen molar-refractivity contribution in [1.29, 1.82) is 0 Å². The lowest BCUT2D eigenvalue weighted by Crippen LogP contribution is -2.38. The second-order valence-electron chi connectivity index (χ2n) is 8.88. The molecule has 0 amide bonds. The number of anilines is 2. The van der Waals surface area contributed by atoms with E-state index in [2.05, 4.69) is 27.3 Å². The molecule has 1 fully saturated rings. The zero-order valence-electron chi connectivity index (χ0n) is 20.7. The van der Waals surface area contributed by atoms with Crippen LogP contribution in [0.5, 0.6) is 5.75 Å². The zero-order valence-corrected chi connectivity index (χ0v) is 20.7. The van der Waals surface area contributed by atoms with Crippen LogP contribution in [0.15, 0.2) is 18.3 Å². The minimum absolute atomic E-state index is 0.0355. The van der Waals surface area contributed by atoms with Crippen LogP contribution in [0.3, 0.4) is 0 Å². The van der Waals surface area contributed by atoms with Gasteiger partial charge in [0.1, 0.15) is 17.1 Å². The van der Waals surface area contributed by atoms with Crippen LogP contribution in [0, 0.1) is 5.82 Å². The average molecular weight is 504 g/mol. The van der Waals surface area contributed by atoms with E-state index in [1.54, 1.807) is 16.9 Å². The summed E-state index contributed by atoms with van der Waals surface area (Å²) in [6, 6.07) is 3.03. The maximum atomic E-state index is 15.2. The summed E-state index contributed by atoms with van der Waals surface area (Å²) < 4.78 is 27.6. The number of nitrogens with one attached hydrogen (secondary N) is 1. The highest BCUT2D eigenvalue weighted by molar-refractivity contribution is 5.86. The molecular formula is C24H34FN7O4. The van der Waals surface area contributed by atoms with E-state index in [9.17, 15) is 10.2 Å². The highest BCUT2D eigenvalue weighted by Crippen LogP contribution is 2.28. The Bertz CT molecular complexity index is 1180. The summed E-state index contributed by atoms with van der Waals surface area (Å²) in [5.74, 6) is 0.621. The van der Waals surface area contributed by atoms with Crippen LogP contribution in [-0.2, 0) is 17.8 Å². The molecule has 11 nitrogen and oxygen atoms in total. The van der Waals surface area contributed by atoms with Gasteiger partial charge in [0.15, 0.2) is 11.3 Å². The van der Waals surface area contributed by atoms with Gasteiger partial charge in [0.25, 0.3) is 0 Å². The van der Waals surface area contributed by atoms with Crippen molar-refractivity contribution < 1.29 is 24.1 Å². The van der Waals surface area contributed by atoms with E-state index in [1.807, 2.05) is 4.90 Å². The van der Waals surface area contributed by atoms with E-state index in [1.165, 1.54) is 13.2 Å². The number of benzene rings is 1. The minimum atomic E-state index is -0.581. The molecule has 3 heterocycles. The first-order chi connectivity index (χ1) is 17.4. The van der Waals surface area contributed by atoms with Gasteiger partial charge >= 0.3 is 0 Å². The number of ether oxygens (including phenoxy) is 2. The van der Waals surface area contributed by atoms with Crippen molar-refractivity contribution in [1.82, 2.24) is 25.1 Å². The molecule has 0 bridgehead atoms. The molecule has 1 aliphatic heterocycles. The lowest BCUT2D eigenvalue weighted by atomic mass is 10.1. The Labute approximate surface area is 209 Å². The topological polar surface area (TPSA) is 144 Å². The fourth-order valence-corrected chi connectivity index (χ4v) is 4.31. The van der Waals surface area contributed by atoms with Crippen LogP contribution in [0.25, 0.3) is 11.0 Å². The van der Waals surface area contributed by atoms with Crippen LogP contribution < -0.4 is 20.7 Å². The summed E-state index contributed by atoms with van der Waals surface area (Å²) >= 11 is 0. The molecule has 2 aromatic heterocycles. The van der Waals surface area contributed by atoms with Crippen molar-refractivity contribution in [2.45, 2.75) is 45.0 Å². The fourth-order valence-electron chi connectivity index (χ4n) is 4.31. The van der Waals surface area contributed by atoms with Crippen molar-refractivity contribution in [2.24, 2.45) is 0 Å². The van der Waals surface area contributed by atoms with Crippen molar-refractivity contribution in [3.63, 3.8) is 0 Å². The molecule has 196 valence electrons. The second-order valence-corrected chi connectivity index (χ2v) is 8.88. The average Bonchev–Trinajstić information content (AvgIpc) is 3.46. The number of hydrogen-bond donors (Lipinski definition) is 4. The predicted molar refractivity (Wildman–Crippen MR) is 133 cm³/mol. The molecule has 1 saturated heterocycles. The number of rotatable bonds is 12. The summed E-state index contributed by atoms with van der Waals surface area (Å²) in [6.45, 7) is 4.31. The summed E-state index contributed by atoms with van der Waals surface area (Å²) in [5.41, 5.74) is 8.07. The Morgan fingerprint density at radius 2 is 2.14 bits per heavy atom. The van der Waals surface area contributed by atoms with E-state index < -0.39 is 11.9 Å². The number of nitrogens with zero attached hydrogens (tertiary/aromatic N) is 5. The number of unbranched alkanes of at least 4 members (excludes halogenated alkanes) is 1. The molecule has 1 aliphatic rings. The first-order valence-corrected chi connectivity index (χ1v) is 12.1. The predicted octanol–water partition coefficient (Wildman–Crippen LogP) is 1.05. The molecule has 0 unspecified atom stereocenters. The van der Waals surface area contributed by atoms with Crippen LogP contribution in [0.1, 0.15) is 30.9 Å². The number of aliphatic hydroxyl groups is 2. The first-order valence-electron chi connectivity index (χ1n) is 12.1. The molecule has 0 spiro atoms. The van der Waals surface area contributed by atoms with Gasteiger partial charge in [-0.05, 0) is 24.1 Å². The number of nitrogens with two attached hydrogens (primary N) is 1. The Hall–Kier alpha value is -3.06. The van der Waals surface area contributed by atoms with Crippen LogP contribution in [0.4, 0.5) is 16.2 Å². The normalized spacial score (nSPS) is 17.7. The number of aliphatic hydroxyl groups excluding tert-OH is 2. The zero-order chi connectivity index (χ0) is 25.7. The summed E-state index contributed by atoms with van der Waals surface area (Å²) in [5, 5.41) is 27.3. The van der Waals surface area contributed by atoms with Crippen molar-refractivity contribution in [2.75, 3.05) is 50.7 Å². The molecule has 3 aromatic rings. The molecular weight excluding hydrogens is 469 g/mol. The SMILES string of the molecule is CCCCN(CCO)c1nc(N)nc2cn(Cc3c(F)cc(CN[C@@H]4COC[C@@H]4O)cc3OC)nc12. The Morgan fingerprint density at radius 1 is 1.31 bits per heavy atom. The number of nitrogen functional groups attached to an aromatic ring is 1. The molecule has 12 heteroatoms. The minimum Gasteiger partial charge on any atom is -0.496 e. The monoisotopic (exact) mass is 503 g/mol. The summed E-state index contributed by atoms with van der Waals surface area (Å²) in [6.07, 6.45) is 3.02.